The van der Waals surface area contributed by atoms with E-state index in [0.717, 1.165) is 47.9 Å². The molecule has 2 aliphatic carbocycles. The number of carbonyl (C=O) groups excluding carboxylic acids is 1. The zero-order valence-corrected chi connectivity index (χ0v) is 22.1. The molecule has 2 fully saturated rings. The van der Waals surface area contributed by atoms with Gasteiger partial charge in [-0.25, -0.2) is 5.48 Å². The zero-order chi connectivity index (χ0) is 26.8. The van der Waals surface area contributed by atoms with E-state index in [1.165, 1.54) is 38.2 Å². The van der Waals surface area contributed by atoms with Crippen LogP contribution in [0.3, 0.4) is 0 Å². The number of carbonyl (C=O) groups is 2. The Morgan fingerprint density at radius 3 is 2.21 bits per heavy atom. The highest BCUT2D eigenvalue weighted by Gasteiger charge is 2.49. The lowest BCUT2D eigenvalue weighted by atomic mass is 9.61. The molecule has 38 heavy (non-hydrogen) atoms. The van der Waals surface area contributed by atoms with Gasteiger partial charge >= 0.3 is 5.97 Å². The summed E-state index contributed by atoms with van der Waals surface area (Å²) in [7, 11) is 0. The Morgan fingerprint density at radius 2 is 1.55 bits per heavy atom. The molecule has 5 N–H and O–H groups in total. The molecule has 2 aromatic carbocycles. The molecule has 0 aromatic heterocycles. The van der Waals surface area contributed by atoms with E-state index in [4.69, 9.17) is 5.21 Å². The minimum Gasteiger partial charge on any atom is -0.480 e. The highest BCUT2D eigenvalue weighted by atomic mass is 16.5. The fraction of sp³-hybridized carbons (Fsp3) is 0.484. The molecular formula is C31H41N3O4. The van der Waals surface area contributed by atoms with Gasteiger partial charge in [-0.15, -0.1) is 0 Å². The Hall–Kier alpha value is -3.00. The molecule has 2 aliphatic rings. The number of benzene rings is 2. The molecule has 0 heterocycles. The second-order valence-electron chi connectivity index (χ2n) is 10.9. The van der Waals surface area contributed by atoms with Gasteiger partial charge in [-0.1, -0.05) is 80.6 Å². The normalized spacial score (nSPS) is 18.4. The molecule has 1 amide bonds. The van der Waals surface area contributed by atoms with Crippen molar-refractivity contribution in [2.45, 2.75) is 83.5 Å². The molecule has 7 heteroatoms. The third kappa shape index (κ3) is 7.31. The predicted molar refractivity (Wildman–Crippen MR) is 148 cm³/mol. The summed E-state index contributed by atoms with van der Waals surface area (Å²) in [6, 6.07) is 15.7. The van der Waals surface area contributed by atoms with Crippen LogP contribution in [-0.2, 0) is 29.2 Å². The van der Waals surface area contributed by atoms with Gasteiger partial charge < -0.3 is 10.4 Å². The van der Waals surface area contributed by atoms with Crippen LogP contribution in [0.25, 0.3) is 6.08 Å². The lowest BCUT2D eigenvalue weighted by Crippen LogP contribution is -2.54. The van der Waals surface area contributed by atoms with E-state index in [1.807, 2.05) is 24.3 Å². The van der Waals surface area contributed by atoms with Crippen LogP contribution in [0.4, 0.5) is 0 Å². The van der Waals surface area contributed by atoms with Gasteiger partial charge in [-0.2, -0.15) is 0 Å². The summed E-state index contributed by atoms with van der Waals surface area (Å²) in [5.41, 5.74) is 5.71. The number of carboxylic acids is 1. The minimum atomic E-state index is -0.698. The van der Waals surface area contributed by atoms with E-state index in [0.29, 0.717) is 25.6 Å². The van der Waals surface area contributed by atoms with Crippen molar-refractivity contribution in [1.29, 1.82) is 0 Å². The Labute approximate surface area is 225 Å². The predicted octanol–water partition coefficient (Wildman–Crippen LogP) is 5.18. The third-order valence-electron chi connectivity index (χ3n) is 8.45. The first kappa shape index (κ1) is 28.0. The molecule has 2 aromatic rings. The number of hydrogen-bond donors (Lipinski definition) is 5. The molecule has 204 valence electrons. The number of carboxylic acid groups (broad SMARTS) is 1. The second kappa shape index (κ2) is 13.7. The molecule has 0 saturated heterocycles. The molecule has 0 spiro atoms. The quantitative estimate of drug-likeness (QED) is 0.150. The fourth-order valence-electron chi connectivity index (χ4n) is 6.54. The van der Waals surface area contributed by atoms with Gasteiger partial charge in [0.15, 0.2) is 0 Å². The highest BCUT2D eigenvalue weighted by molar-refractivity contribution is 5.90. The lowest BCUT2D eigenvalue weighted by molar-refractivity contribution is -0.146. The summed E-state index contributed by atoms with van der Waals surface area (Å²) in [6.45, 7) is 1.96. The van der Waals surface area contributed by atoms with Crippen molar-refractivity contribution in [3.05, 3.63) is 76.9 Å². The first-order valence-corrected chi connectivity index (χ1v) is 14.0. The Kier molecular flexibility index (Phi) is 10.1. The average molecular weight is 520 g/mol. The van der Waals surface area contributed by atoms with Crippen molar-refractivity contribution in [3.8, 4) is 0 Å². The summed E-state index contributed by atoms with van der Waals surface area (Å²) in [5, 5.41) is 25.8. The molecule has 4 rings (SSSR count). The Balaban J connectivity index is 1.30. The van der Waals surface area contributed by atoms with Crippen molar-refractivity contribution < 1.29 is 19.9 Å². The average Bonchev–Trinajstić information content (AvgIpc) is 3.49. The second-order valence-corrected chi connectivity index (χ2v) is 10.9. The van der Waals surface area contributed by atoms with E-state index in [-0.39, 0.29) is 5.41 Å². The number of amides is 1. The summed E-state index contributed by atoms with van der Waals surface area (Å²) < 4.78 is 0. The number of rotatable bonds is 12. The van der Waals surface area contributed by atoms with Crippen LogP contribution in [0.15, 0.2) is 54.6 Å². The smallest absolute Gasteiger partial charge is 0.321 e. The first-order chi connectivity index (χ1) is 18.5. The molecule has 2 saturated carbocycles. The number of hydrogen-bond acceptors (Lipinski definition) is 5. The maximum absolute atomic E-state index is 12.5. The van der Waals surface area contributed by atoms with Crippen molar-refractivity contribution >= 4 is 18.0 Å². The maximum Gasteiger partial charge on any atom is 0.321 e. The molecule has 0 aliphatic heterocycles. The van der Waals surface area contributed by atoms with Crippen LogP contribution in [0.2, 0.25) is 0 Å². The standard InChI is InChI=1S/C31H41N3O4/c35-28(34-38)16-15-23-7-6-8-26(19-23)21-32-20-24-11-13-25(14-12-24)22-33-29(30(36)37)31(17-4-1-5-18-31)27-9-2-3-10-27/h6-8,11-16,19,27,29,32-33,38H,1-5,9-10,17-18,20-22H2,(H,34,35)(H,36,37)/t29-/m1/s1. The van der Waals surface area contributed by atoms with E-state index >= 15 is 0 Å². The van der Waals surface area contributed by atoms with E-state index in [2.05, 4.69) is 34.9 Å². The van der Waals surface area contributed by atoms with Gasteiger partial charge in [0.1, 0.15) is 6.04 Å². The first-order valence-electron chi connectivity index (χ1n) is 14.0. The summed E-state index contributed by atoms with van der Waals surface area (Å²) in [5.74, 6) is -0.731. The summed E-state index contributed by atoms with van der Waals surface area (Å²) >= 11 is 0. The van der Waals surface area contributed by atoms with Gasteiger partial charge in [0.05, 0.1) is 0 Å². The van der Waals surface area contributed by atoms with Gasteiger partial charge in [-0.05, 0) is 65.3 Å². The van der Waals surface area contributed by atoms with E-state index < -0.39 is 17.9 Å². The summed E-state index contributed by atoms with van der Waals surface area (Å²) in [6.07, 6.45) is 13.3. The summed E-state index contributed by atoms with van der Waals surface area (Å²) in [4.78, 5) is 23.6. The fourth-order valence-corrected chi connectivity index (χ4v) is 6.54. The third-order valence-corrected chi connectivity index (χ3v) is 8.45. The van der Waals surface area contributed by atoms with Crippen molar-refractivity contribution in [1.82, 2.24) is 16.1 Å². The highest BCUT2D eigenvalue weighted by Crippen LogP contribution is 2.51. The molecule has 0 unspecified atom stereocenters. The van der Waals surface area contributed by atoms with E-state index in [1.54, 1.807) is 11.6 Å². The van der Waals surface area contributed by atoms with Crippen molar-refractivity contribution in [3.63, 3.8) is 0 Å². The SMILES string of the molecule is O=C(C=Cc1cccc(CNCc2ccc(CN[C@H](C(=O)O)C3(C4CCCC4)CCCCC3)cc2)c1)NO. The minimum absolute atomic E-state index is 0.108. The molecule has 1 atom stereocenters. The topological polar surface area (TPSA) is 111 Å². The van der Waals surface area contributed by atoms with Crippen molar-refractivity contribution in [2.75, 3.05) is 0 Å². The number of hydroxylamine groups is 1. The molecule has 0 radical (unpaired) electrons. The van der Waals surface area contributed by atoms with Crippen LogP contribution in [0, 0.1) is 11.3 Å². The van der Waals surface area contributed by atoms with Crippen LogP contribution in [-0.4, -0.2) is 28.2 Å². The molecular weight excluding hydrogens is 478 g/mol. The maximum atomic E-state index is 12.5. The van der Waals surface area contributed by atoms with Gasteiger partial charge in [0.25, 0.3) is 5.91 Å². The number of aliphatic carboxylic acids is 1. The van der Waals surface area contributed by atoms with Gasteiger partial charge in [0.2, 0.25) is 0 Å². The van der Waals surface area contributed by atoms with Gasteiger partial charge in [-0.3, -0.25) is 20.1 Å². The molecule has 0 bridgehead atoms. The number of nitrogens with one attached hydrogen (secondary N) is 3. The van der Waals surface area contributed by atoms with Crippen molar-refractivity contribution in [2.24, 2.45) is 11.3 Å². The van der Waals surface area contributed by atoms with Crippen LogP contribution >= 0.6 is 0 Å². The van der Waals surface area contributed by atoms with Gasteiger partial charge in [0, 0.05) is 25.7 Å². The molecule has 7 nitrogen and oxygen atoms in total. The lowest BCUT2D eigenvalue weighted by Gasteiger charge is -2.46. The Morgan fingerprint density at radius 1 is 0.895 bits per heavy atom. The zero-order valence-electron chi connectivity index (χ0n) is 22.1. The Bertz CT molecular complexity index is 1090. The van der Waals surface area contributed by atoms with E-state index in [9.17, 15) is 14.7 Å². The van der Waals surface area contributed by atoms with Crippen LogP contribution in [0.5, 0.6) is 0 Å². The van der Waals surface area contributed by atoms with Crippen LogP contribution in [0.1, 0.15) is 80.0 Å². The van der Waals surface area contributed by atoms with Crippen LogP contribution < -0.4 is 16.1 Å². The largest absolute Gasteiger partial charge is 0.480 e. The monoisotopic (exact) mass is 519 g/mol.